The Labute approximate surface area is 262 Å². The third kappa shape index (κ3) is 17.9. The second kappa shape index (κ2) is 25.5. The van der Waals surface area contributed by atoms with Crippen LogP contribution in [-0.4, -0.2) is 24.1 Å². The van der Waals surface area contributed by atoms with Crippen LogP contribution in [0.4, 0.5) is 0 Å². The van der Waals surface area contributed by atoms with Crippen LogP contribution in [0, 0.1) is 0 Å². The number of aryl methyl sites for hydroxylation is 2. The van der Waals surface area contributed by atoms with Gasteiger partial charge in [0.25, 0.3) is 0 Å². The van der Waals surface area contributed by atoms with Crippen LogP contribution < -0.4 is 9.84 Å². The lowest BCUT2D eigenvalue weighted by Gasteiger charge is -2.16. The Hall–Kier alpha value is -1.94. The minimum Gasteiger partial charge on any atom is -0.545 e. The van der Waals surface area contributed by atoms with E-state index in [1.807, 2.05) is 23.9 Å². The zero-order chi connectivity index (χ0) is 29.9. The fourth-order valence-electron chi connectivity index (χ4n) is 5.58. The summed E-state index contributed by atoms with van der Waals surface area (Å²) >= 11 is 2.03. The highest BCUT2D eigenvalue weighted by Gasteiger charge is 2.11. The van der Waals surface area contributed by atoms with E-state index in [1.54, 1.807) is 6.07 Å². The van der Waals surface area contributed by atoms with Crippen molar-refractivity contribution in [3.63, 3.8) is 0 Å². The highest BCUT2D eigenvalue weighted by molar-refractivity contribution is 7.99. The quantitative estimate of drug-likeness (QED) is 0.0918. The highest BCUT2D eigenvalue weighted by atomic mass is 32.2. The zero-order valence-electron chi connectivity index (χ0n) is 26.7. The average Bonchev–Trinajstić information content (AvgIpc) is 3.00. The van der Waals surface area contributed by atoms with Crippen molar-refractivity contribution in [3.8, 4) is 5.75 Å². The molecule has 0 amide bonds. The van der Waals surface area contributed by atoms with Crippen molar-refractivity contribution < 1.29 is 14.6 Å². The van der Waals surface area contributed by atoms with Crippen LogP contribution in [0.5, 0.6) is 5.75 Å². The summed E-state index contributed by atoms with van der Waals surface area (Å²) in [6.07, 6.45) is 26.7. The van der Waals surface area contributed by atoms with E-state index in [-0.39, 0.29) is 5.56 Å². The third-order valence-electron chi connectivity index (χ3n) is 8.14. The predicted molar refractivity (Wildman–Crippen MR) is 181 cm³/mol. The lowest BCUT2D eigenvalue weighted by Crippen LogP contribution is -2.23. The smallest absolute Gasteiger partial charge is 0.131 e. The number of hydrogen-bond acceptors (Lipinski definition) is 4. The van der Waals surface area contributed by atoms with Gasteiger partial charge in [0.05, 0.1) is 12.6 Å². The van der Waals surface area contributed by atoms with Gasteiger partial charge in [0.1, 0.15) is 5.75 Å². The first kappa shape index (κ1) is 36.3. The number of benzene rings is 2. The normalized spacial score (nSPS) is 11.2. The van der Waals surface area contributed by atoms with Crippen LogP contribution in [0.1, 0.15) is 150 Å². The summed E-state index contributed by atoms with van der Waals surface area (Å²) < 4.78 is 6.04. The molecule has 0 heterocycles. The number of hydrogen-bond donors (Lipinski definition) is 0. The molecule has 0 saturated carbocycles. The van der Waals surface area contributed by atoms with Crippen molar-refractivity contribution >= 4 is 17.7 Å². The van der Waals surface area contributed by atoms with E-state index < -0.39 is 5.97 Å². The molecule has 0 aliphatic heterocycles. The number of aromatic carboxylic acids is 1. The fourth-order valence-corrected chi connectivity index (χ4v) is 6.54. The topological polar surface area (TPSA) is 49.4 Å². The van der Waals surface area contributed by atoms with Crippen molar-refractivity contribution in [2.24, 2.45) is 0 Å². The lowest BCUT2D eigenvalue weighted by molar-refractivity contribution is -0.255. The Bertz CT molecular complexity index is 914. The van der Waals surface area contributed by atoms with E-state index in [2.05, 4.69) is 37.3 Å². The van der Waals surface area contributed by atoms with Crippen LogP contribution in [-0.2, 0) is 12.8 Å². The van der Waals surface area contributed by atoms with E-state index in [0.29, 0.717) is 12.4 Å². The highest BCUT2D eigenvalue weighted by Crippen LogP contribution is 2.26. The first-order valence-corrected chi connectivity index (χ1v) is 18.5. The van der Waals surface area contributed by atoms with Crippen molar-refractivity contribution in [2.75, 3.05) is 18.1 Å². The minimum absolute atomic E-state index is 0.197. The largest absolute Gasteiger partial charge is 0.545 e. The summed E-state index contributed by atoms with van der Waals surface area (Å²) in [6.45, 7) is 2.82. The number of rotatable bonds is 28. The van der Waals surface area contributed by atoms with Gasteiger partial charge < -0.3 is 14.6 Å². The number of ether oxygens (including phenoxy) is 1. The van der Waals surface area contributed by atoms with Crippen LogP contribution in [0.2, 0.25) is 0 Å². The lowest BCUT2D eigenvalue weighted by atomic mass is 10.0. The fraction of sp³-hybridized carbons (Fsp3) is 0.658. The van der Waals surface area contributed by atoms with Crippen molar-refractivity contribution in [1.29, 1.82) is 0 Å². The monoisotopic (exact) mass is 595 g/mol. The molecule has 0 radical (unpaired) electrons. The van der Waals surface area contributed by atoms with Crippen LogP contribution >= 0.6 is 11.8 Å². The molecule has 42 heavy (non-hydrogen) atoms. The molecule has 4 heteroatoms. The minimum atomic E-state index is -1.14. The van der Waals surface area contributed by atoms with Crippen LogP contribution in [0.3, 0.4) is 0 Å². The average molecular weight is 596 g/mol. The molecule has 0 unspecified atom stereocenters. The van der Waals surface area contributed by atoms with Gasteiger partial charge in [-0.15, -0.1) is 0 Å². The molecule has 0 aliphatic carbocycles. The molecule has 0 aliphatic rings. The molecule has 236 valence electrons. The Balaban J connectivity index is 1.46. The predicted octanol–water partition coefficient (Wildman–Crippen LogP) is 10.4. The summed E-state index contributed by atoms with van der Waals surface area (Å²) in [7, 11) is 0. The van der Waals surface area contributed by atoms with E-state index in [1.165, 1.54) is 120 Å². The Morgan fingerprint density at radius 3 is 1.83 bits per heavy atom. The summed E-state index contributed by atoms with van der Waals surface area (Å²) in [6, 6.07) is 16.3. The Kier molecular flexibility index (Phi) is 22.1. The number of para-hydroxylation sites is 1. The standard InChI is InChI=1S/C38H60O3S/c1-2-3-4-5-6-12-15-21-31-41-37-35(28-23-30-36(37)38(39)40)29-24-33-42-32-22-16-13-10-8-7-9-11-14-18-25-34-26-19-17-20-27-34/h17,19-20,23,26-28,30H,2-16,18,21-22,24-25,29,31-33H2,1H3,(H,39,40)/p-1. The number of carbonyl (C=O) groups excluding carboxylic acids is 1. The zero-order valence-corrected chi connectivity index (χ0v) is 27.5. The molecule has 0 bridgehead atoms. The first-order chi connectivity index (χ1) is 20.7. The van der Waals surface area contributed by atoms with Crippen molar-refractivity contribution in [3.05, 3.63) is 65.2 Å². The molecule has 0 N–H and O–H groups in total. The summed E-state index contributed by atoms with van der Waals surface area (Å²) in [5.74, 6) is 1.73. The summed E-state index contributed by atoms with van der Waals surface area (Å²) in [5, 5.41) is 11.7. The second-order valence-corrected chi connectivity index (χ2v) is 13.1. The molecule has 2 rings (SSSR count). The van der Waals surface area contributed by atoms with Crippen LogP contribution in [0.15, 0.2) is 48.5 Å². The van der Waals surface area contributed by atoms with Gasteiger partial charge >= 0.3 is 0 Å². The Morgan fingerprint density at radius 1 is 0.619 bits per heavy atom. The molecule has 0 spiro atoms. The van der Waals surface area contributed by atoms with E-state index in [4.69, 9.17) is 4.74 Å². The molecule has 0 fully saturated rings. The first-order valence-electron chi connectivity index (χ1n) is 17.3. The van der Waals surface area contributed by atoms with Gasteiger partial charge in [-0.2, -0.15) is 11.8 Å². The van der Waals surface area contributed by atoms with E-state index in [0.717, 1.165) is 37.0 Å². The molecule has 2 aromatic carbocycles. The van der Waals surface area contributed by atoms with E-state index >= 15 is 0 Å². The molecular formula is C38H59O3S-. The number of carboxylic acids is 1. The second-order valence-electron chi connectivity index (χ2n) is 11.9. The number of unbranched alkanes of at least 4 members (excludes halogenated alkanes) is 16. The molecular weight excluding hydrogens is 536 g/mol. The number of carboxylic acid groups (broad SMARTS) is 1. The maximum atomic E-state index is 11.7. The molecule has 2 aromatic rings. The molecule has 0 aromatic heterocycles. The maximum absolute atomic E-state index is 11.7. The van der Waals surface area contributed by atoms with Gasteiger partial charge in [-0.3, -0.25) is 0 Å². The van der Waals surface area contributed by atoms with Gasteiger partial charge in [-0.1, -0.05) is 146 Å². The maximum Gasteiger partial charge on any atom is 0.131 e. The summed E-state index contributed by atoms with van der Waals surface area (Å²) in [4.78, 5) is 11.7. The van der Waals surface area contributed by atoms with Gasteiger partial charge in [-0.25, -0.2) is 0 Å². The van der Waals surface area contributed by atoms with Gasteiger partial charge in [0.15, 0.2) is 0 Å². The van der Waals surface area contributed by atoms with Crippen LogP contribution in [0.25, 0.3) is 0 Å². The number of thioether (sulfide) groups is 1. The van der Waals surface area contributed by atoms with Gasteiger partial charge in [0, 0.05) is 5.56 Å². The van der Waals surface area contributed by atoms with Gasteiger partial charge in [-0.05, 0) is 67.2 Å². The van der Waals surface area contributed by atoms with Gasteiger partial charge in [0.2, 0.25) is 0 Å². The van der Waals surface area contributed by atoms with Crippen molar-refractivity contribution in [2.45, 2.75) is 142 Å². The molecule has 0 saturated heterocycles. The summed E-state index contributed by atoms with van der Waals surface area (Å²) in [5.41, 5.74) is 2.68. The van der Waals surface area contributed by atoms with E-state index in [9.17, 15) is 9.90 Å². The number of carbonyl (C=O) groups is 1. The molecule has 3 nitrogen and oxygen atoms in total. The Morgan fingerprint density at radius 2 is 1.19 bits per heavy atom. The van der Waals surface area contributed by atoms with Crippen molar-refractivity contribution in [1.82, 2.24) is 0 Å². The third-order valence-corrected chi connectivity index (χ3v) is 9.30. The SMILES string of the molecule is CCCCCCCCCCOc1c(CCCSCCCCCCCCCCCCc2ccccc2)cccc1C(=O)[O-]. The molecule has 0 atom stereocenters.